The van der Waals surface area contributed by atoms with Gasteiger partial charge in [0.05, 0.1) is 0 Å². The Labute approximate surface area is 234 Å². The van der Waals surface area contributed by atoms with Crippen LogP contribution in [0, 0.1) is 5.82 Å². The standard InChI is InChI=1S/C31H37FN4O2S/c32-24-10-8-23(9-11-24)31(38)36-17-16-27(19-29(36)30(37)34-26-14-12-25(33)13-15-26)35(21-28-7-4-18-39-28)20-22-5-2-1-3-6-22/h1-11,18,25-27,29H,12-17,19-21,33H2,(H,34,37)/t25?,26?,27?,29-/m1/s1. The molecule has 1 aliphatic heterocycles. The number of thiophene rings is 1. The maximum Gasteiger partial charge on any atom is 0.254 e. The fourth-order valence-corrected chi connectivity index (χ4v) is 6.55. The van der Waals surface area contributed by atoms with Gasteiger partial charge in [0, 0.05) is 48.2 Å². The van der Waals surface area contributed by atoms with Gasteiger partial charge < -0.3 is 16.0 Å². The minimum absolute atomic E-state index is 0.0759. The normalized spacial score (nSPS) is 23.5. The lowest BCUT2D eigenvalue weighted by atomic mass is 9.90. The number of hydrogen-bond donors (Lipinski definition) is 2. The summed E-state index contributed by atoms with van der Waals surface area (Å²) in [5, 5.41) is 5.33. The van der Waals surface area contributed by atoms with Crippen molar-refractivity contribution in [2.75, 3.05) is 6.54 Å². The molecule has 39 heavy (non-hydrogen) atoms. The third kappa shape index (κ3) is 7.12. The first-order valence-electron chi connectivity index (χ1n) is 13.9. The van der Waals surface area contributed by atoms with Crippen molar-refractivity contribution in [3.05, 3.63) is 93.9 Å². The SMILES string of the molecule is NC1CCC(NC(=O)[C@H]2CC(N(Cc3ccccc3)Cc3cccs3)CCN2C(=O)c2ccc(F)cc2)CC1. The van der Waals surface area contributed by atoms with Crippen molar-refractivity contribution in [2.24, 2.45) is 5.73 Å². The molecule has 206 valence electrons. The van der Waals surface area contributed by atoms with E-state index in [0.717, 1.165) is 45.2 Å². The van der Waals surface area contributed by atoms with Gasteiger partial charge in [0.25, 0.3) is 5.91 Å². The van der Waals surface area contributed by atoms with Crippen LogP contribution in [0.15, 0.2) is 72.1 Å². The molecule has 1 saturated heterocycles. The van der Waals surface area contributed by atoms with Crippen LogP contribution in [0.2, 0.25) is 0 Å². The largest absolute Gasteiger partial charge is 0.352 e. The first-order valence-corrected chi connectivity index (χ1v) is 14.8. The number of amides is 2. The van der Waals surface area contributed by atoms with Crippen LogP contribution >= 0.6 is 11.3 Å². The third-order valence-electron chi connectivity index (χ3n) is 8.03. The smallest absolute Gasteiger partial charge is 0.254 e. The first kappa shape index (κ1) is 27.5. The van der Waals surface area contributed by atoms with Gasteiger partial charge in [0.2, 0.25) is 5.91 Å². The number of benzene rings is 2. The zero-order chi connectivity index (χ0) is 27.2. The molecule has 8 heteroatoms. The second kappa shape index (κ2) is 12.9. The summed E-state index contributed by atoms with van der Waals surface area (Å²) in [5.41, 5.74) is 7.70. The lowest BCUT2D eigenvalue weighted by Gasteiger charge is -2.43. The average molecular weight is 549 g/mol. The average Bonchev–Trinajstić information content (AvgIpc) is 3.47. The van der Waals surface area contributed by atoms with Gasteiger partial charge in [0.1, 0.15) is 11.9 Å². The van der Waals surface area contributed by atoms with Crippen molar-refractivity contribution in [1.29, 1.82) is 0 Å². The quantitative estimate of drug-likeness (QED) is 0.418. The molecule has 2 aromatic carbocycles. The van der Waals surface area contributed by atoms with Gasteiger partial charge in [-0.25, -0.2) is 4.39 Å². The van der Waals surface area contributed by atoms with E-state index >= 15 is 0 Å². The zero-order valence-corrected chi connectivity index (χ0v) is 23.0. The molecule has 2 fully saturated rings. The van der Waals surface area contributed by atoms with Gasteiger partial charge in [0.15, 0.2) is 0 Å². The molecule has 1 aliphatic carbocycles. The number of piperidine rings is 1. The van der Waals surface area contributed by atoms with E-state index in [9.17, 15) is 14.0 Å². The van der Waals surface area contributed by atoms with E-state index in [4.69, 9.17) is 5.73 Å². The second-order valence-electron chi connectivity index (χ2n) is 10.8. The Hall–Kier alpha value is -3.07. The summed E-state index contributed by atoms with van der Waals surface area (Å²) in [7, 11) is 0. The molecule has 0 spiro atoms. The van der Waals surface area contributed by atoms with Crippen LogP contribution in [0.5, 0.6) is 0 Å². The van der Waals surface area contributed by atoms with E-state index in [0.29, 0.717) is 18.5 Å². The maximum atomic E-state index is 13.8. The Morgan fingerprint density at radius 1 is 0.949 bits per heavy atom. The molecule has 0 bridgehead atoms. The fraction of sp³-hybridized carbons (Fsp3) is 0.419. The minimum atomic E-state index is -0.599. The van der Waals surface area contributed by atoms with Crippen LogP contribution in [0.25, 0.3) is 0 Å². The highest BCUT2D eigenvalue weighted by Gasteiger charge is 2.39. The molecule has 3 N–H and O–H groups in total. The van der Waals surface area contributed by atoms with Crippen LogP contribution in [0.3, 0.4) is 0 Å². The van der Waals surface area contributed by atoms with E-state index in [1.807, 2.05) is 6.07 Å². The van der Waals surface area contributed by atoms with E-state index in [-0.39, 0.29) is 35.8 Å². The molecular formula is C31H37FN4O2S. The van der Waals surface area contributed by atoms with Crippen LogP contribution in [0.1, 0.15) is 59.3 Å². The van der Waals surface area contributed by atoms with Crippen molar-refractivity contribution >= 4 is 23.2 Å². The minimum Gasteiger partial charge on any atom is -0.352 e. The van der Waals surface area contributed by atoms with Crippen molar-refractivity contribution < 1.29 is 14.0 Å². The molecule has 3 aromatic rings. The third-order valence-corrected chi connectivity index (χ3v) is 8.89. The van der Waals surface area contributed by atoms with Gasteiger partial charge in [-0.2, -0.15) is 0 Å². The Balaban J connectivity index is 1.38. The number of nitrogens with zero attached hydrogens (tertiary/aromatic N) is 2. The summed E-state index contributed by atoms with van der Waals surface area (Å²) in [6, 6.07) is 20.0. The van der Waals surface area contributed by atoms with E-state index in [1.165, 1.54) is 34.7 Å². The summed E-state index contributed by atoms with van der Waals surface area (Å²) < 4.78 is 13.6. The number of carbonyl (C=O) groups excluding carboxylic acids is 2. The number of nitrogens with one attached hydrogen (secondary N) is 1. The zero-order valence-electron chi connectivity index (χ0n) is 22.2. The van der Waals surface area contributed by atoms with E-state index in [1.54, 1.807) is 16.2 Å². The molecular weight excluding hydrogens is 511 g/mol. The van der Waals surface area contributed by atoms with Gasteiger partial charge >= 0.3 is 0 Å². The highest BCUT2D eigenvalue weighted by molar-refractivity contribution is 7.09. The molecule has 2 heterocycles. The second-order valence-corrected chi connectivity index (χ2v) is 11.8. The van der Waals surface area contributed by atoms with Crippen LogP contribution in [0.4, 0.5) is 4.39 Å². The molecule has 1 unspecified atom stereocenters. The number of nitrogens with two attached hydrogens (primary N) is 1. The van der Waals surface area contributed by atoms with Crippen LogP contribution in [-0.2, 0) is 17.9 Å². The number of likely N-dealkylation sites (tertiary alicyclic amines) is 1. The topological polar surface area (TPSA) is 78.7 Å². The van der Waals surface area contributed by atoms with Crippen LogP contribution in [-0.4, -0.2) is 52.3 Å². The first-order chi connectivity index (χ1) is 19.0. The maximum absolute atomic E-state index is 13.8. The summed E-state index contributed by atoms with van der Waals surface area (Å²) in [6.45, 7) is 2.02. The molecule has 1 aromatic heterocycles. The Kier molecular flexibility index (Phi) is 9.06. The van der Waals surface area contributed by atoms with Gasteiger partial charge in [-0.05, 0) is 79.8 Å². The predicted molar refractivity (Wildman–Crippen MR) is 153 cm³/mol. The van der Waals surface area contributed by atoms with Crippen molar-refractivity contribution in [2.45, 2.75) is 75.8 Å². The predicted octanol–water partition coefficient (Wildman–Crippen LogP) is 4.95. The van der Waals surface area contributed by atoms with E-state index < -0.39 is 6.04 Å². The molecule has 6 nitrogen and oxygen atoms in total. The Morgan fingerprint density at radius 2 is 1.69 bits per heavy atom. The highest BCUT2D eigenvalue weighted by Crippen LogP contribution is 2.28. The van der Waals surface area contributed by atoms with Gasteiger partial charge in [-0.1, -0.05) is 36.4 Å². The molecule has 1 saturated carbocycles. The highest BCUT2D eigenvalue weighted by atomic mass is 32.1. The van der Waals surface area contributed by atoms with Crippen molar-refractivity contribution in [3.63, 3.8) is 0 Å². The number of hydrogen-bond acceptors (Lipinski definition) is 5. The monoisotopic (exact) mass is 548 g/mol. The lowest BCUT2D eigenvalue weighted by Crippen LogP contribution is -2.58. The van der Waals surface area contributed by atoms with Crippen molar-refractivity contribution in [1.82, 2.24) is 15.1 Å². The summed E-state index contributed by atoms with van der Waals surface area (Å²) in [6.07, 6.45) is 4.79. The number of rotatable bonds is 8. The summed E-state index contributed by atoms with van der Waals surface area (Å²) >= 11 is 1.73. The number of halogens is 1. The molecule has 0 radical (unpaired) electrons. The Bertz CT molecular complexity index is 1210. The molecule has 5 rings (SSSR count). The van der Waals surface area contributed by atoms with Gasteiger partial charge in [-0.15, -0.1) is 11.3 Å². The summed E-state index contributed by atoms with van der Waals surface area (Å²) in [5.74, 6) is -0.723. The molecule has 2 amide bonds. The Morgan fingerprint density at radius 3 is 2.38 bits per heavy atom. The fourth-order valence-electron chi connectivity index (χ4n) is 5.82. The van der Waals surface area contributed by atoms with E-state index in [2.05, 4.69) is 52.0 Å². The van der Waals surface area contributed by atoms with Gasteiger partial charge in [-0.3, -0.25) is 14.5 Å². The number of carbonyl (C=O) groups is 2. The molecule has 2 atom stereocenters. The molecule has 2 aliphatic rings. The lowest BCUT2D eigenvalue weighted by molar-refractivity contribution is -0.128. The van der Waals surface area contributed by atoms with Crippen molar-refractivity contribution in [3.8, 4) is 0 Å². The van der Waals surface area contributed by atoms with Crippen LogP contribution < -0.4 is 11.1 Å². The summed E-state index contributed by atoms with van der Waals surface area (Å²) in [4.78, 5) is 32.8.